The first kappa shape index (κ1) is 13.0. The van der Waals surface area contributed by atoms with E-state index in [0.717, 1.165) is 9.13 Å². The molecule has 2 N–H and O–H groups in total. The fourth-order valence-corrected chi connectivity index (χ4v) is 2.05. The molecule has 0 fully saturated rings. The highest BCUT2D eigenvalue weighted by Gasteiger charge is 2.08. The minimum absolute atomic E-state index is 0.606. The second kappa shape index (κ2) is 5.47. The number of rotatable bonds is 4. The lowest BCUT2D eigenvalue weighted by atomic mass is 10.2. The number of aromatic nitrogens is 2. The van der Waals surface area contributed by atoms with Crippen LogP contribution in [0.25, 0.3) is 0 Å². The molecule has 96 valence electrons. The molecule has 0 aliphatic heterocycles. The summed E-state index contributed by atoms with van der Waals surface area (Å²) in [4.78, 5) is 0. The van der Waals surface area contributed by atoms with E-state index < -0.39 is 0 Å². The van der Waals surface area contributed by atoms with E-state index in [2.05, 4.69) is 27.7 Å². The lowest BCUT2D eigenvalue weighted by molar-refractivity contribution is 0.354. The molecule has 18 heavy (non-hydrogen) atoms. The maximum atomic E-state index is 5.91. The quantitative estimate of drug-likeness (QED) is 0.850. The van der Waals surface area contributed by atoms with Crippen molar-refractivity contribution < 1.29 is 9.47 Å². The average molecular weight is 359 g/mol. The van der Waals surface area contributed by atoms with Gasteiger partial charge in [0, 0.05) is 0 Å². The van der Waals surface area contributed by atoms with Crippen LogP contribution in [0.4, 0.5) is 5.82 Å². The number of hydrogen-bond acceptors (Lipinski definition) is 4. The molecule has 0 saturated carbocycles. The molecular weight excluding hydrogens is 345 g/mol. The van der Waals surface area contributed by atoms with Gasteiger partial charge in [0.15, 0.2) is 11.5 Å². The molecule has 0 aliphatic rings. The Hall–Kier alpha value is -1.44. The number of halogens is 1. The van der Waals surface area contributed by atoms with Crippen molar-refractivity contribution in [2.45, 2.75) is 6.54 Å². The number of benzene rings is 1. The molecule has 1 aromatic carbocycles. The van der Waals surface area contributed by atoms with E-state index in [1.807, 2.05) is 18.2 Å². The van der Waals surface area contributed by atoms with Crippen LogP contribution in [0.1, 0.15) is 5.56 Å². The predicted octanol–water partition coefficient (Wildman–Crippen LogP) is 2.14. The lowest BCUT2D eigenvalue weighted by Gasteiger charge is -2.10. The topological polar surface area (TPSA) is 62.3 Å². The molecule has 0 unspecified atom stereocenters. The fraction of sp³-hybridized carbons (Fsp3) is 0.250. The minimum Gasteiger partial charge on any atom is -0.493 e. The number of hydrogen-bond donors (Lipinski definition) is 1. The minimum atomic E-state index is 0.606. The second-order valence-corrected chi connectivity index (χ2v) is 4.89. The molecule has 0 saturated heterocycles. The third kappa shape index (κ3) is 2.53. The van der Waals surface area contributed by atoms with Crippen LogP contribution >= 0.6 is 22.6 Å². The summed E-state index contributed by atoms with van der Waals surface area (Å²) in [5, 5.41) is 4.22. The third-order valence-corrected chi connectivity index (χ3v) is 3.44. The largest absolute Gasteiger partial charge is 0.493 e. The molecule has 1 heterocycles. The van der Waals surface area contributed by atoms with Crippen LogP contribution in [0.3, 0.4) is 0 Å². The highest BCUT2D eigenvalue weighted by Crippen LogP contribution is 2.28. The highest BCUT2D eigenvalue weighted by molar-refractivity contribution is 14.1. The summed E-state index contributed by atoms with van der Waals surface area (Å²) in [6.07, 6.45) is 1.75. The zero-order valence-electron chi connectivity index (χ0n) is 10.2. The number of nitrogens with zero attached hydrogens (tertiary/aromatic N) is 2. The molecule has 0 aliphatic carbocycles. The van der Waals surface area contributed by atoms with Gasteiger partial charge in [-0.05, 0) is 40.3 Å². The smallest absolute Gasteiger partial charge is 0.161 e. The van der Waals surface area contributed by atoms with Gasteiger partial charge >= 0.3 is 0 Å². The lowest BCUT2D eigenvalue weighted by Crippen LogP contribution is -2.06. The standard InChI is InChI=1S/C12H14IN3O2/c1-17-10-4-3-8(5-11(10)18-2)7-16-12(14)9(13)6-15-16/h3-6H,7,14H2,1-2H3. The molecule has 0 atom stereocenters. The fourth-order valence-electron chi connectivity index (χ4n) is 1.65. The summed E-state index contributed by atoms with van der Waals surface area (Å²) in [5.74, 6) is 2.09. The van der Waals surface area contributed by atoms with E-state index in [-0.39, 0.29) is 0 Å². The van der Waals surface area contributed by atoms with Gasteiger partial charge in [-0.1, -0.05) is 6.07 Å². The summed E-state index contributed by atoms with van der Waals surface area (Å²) in [5.41, 5.74) is 6.97. The summed E-state index contributed by atoms with van der Waals surface area (Å²) < 4.78 is 13.2. The zero-order chi connectivity index (χ0) is 13.1. The molecule has 0 bridgehead atoms. The van der Waals surface area contributed by atoms with Gasteiger partial charge in [-0.15, -0.1) is 0 Å². The van der Waals surface area contributed by atoms with Crippen LogP contribution in [-0.4, -0.2) is 24.0 Å². The normalized spacial score (nSPS) is 10.4. The Morgan fingerprint density at radius 1 is 1.28 bits per heavy atom. The van der Waals surface area contributed by atoms with E-state index in [9.17, 15) is 0 Å². The van der Waals surface area contributed by atoms with Crippen molar-refractivity contribution in [3.05, 3.63) is 33.5 Å². The highest BCUT2D eigenvalue weighted by atomic mass is 127. The predicted molar refractivity (Wildman–Crippen MR) is 78.0 cm³/mol. The maximum Gasteiger partial charge on any atom is 0.161 e. The van der Waals surface area contributed by atoms with Crippen molar-refractivity contribution in [3.63, 3.8) is 0 Å². The van der Waals surface area contributed by atoms with Crippen LogP contribution in [0.15, 0.2) is 24.4 Å². The van der Waals surface area contributed by atoms with Crippen molar-refractivity contribution in [1.29, 1.82) is 0 Å². The number of nitrogen functional groups attached to an aromatic ring is 1. The first-order chi connectivity index (χ1) is 8.65. The summed E-state index contributed by atoms with van der Waals surface area (Å²) in [6.45, 7) is 0.606. The van der Waals surface area contributed by atoms with Crippen molar-refractivity contribution in [2.75, 3.05) is 20.0 Å². The summed E-state index contributed by atoms with van der Waals surface area (Å²) in [6, 6.07) is 5.76. The monoisotopic (exact) mass is 359 g/mol. The molecule has 2 rings (SSSR count). The Morgan fingerprint density at radius 2 is 2.00 bits per heavy atom. The molecule has 0 amide bonds. The SMILES string of the molecule is COc1ccc(Cn2ncc(I)c2N)cc1OC. The Bertz CT molecular complexity index is 554. The summed E-state index contributed by atoms with van der Waals surface area (Å²) in [7, 11) is 3.23. The van der Waals surface area contributed by atoms with E-state index in [1.54, 1.807) is 25.1 Å². The van der Waals surface area contributed by atoms with Gasteiger partial charge in [0.25, 0.3) is 0 Å². The molecule has 6 heteroatoms. The number of nitrogens with two attached hydrogens (primary N) is 1. The average Bonchev–Trinajstić information content (AvgIpc) is 2.70. The van der Waals surface area contributed by atoms with Crippen LogP contribution in [0.5, 0.6) is 11.5 Å². The van der Waals surface area contributed by atoms with Crippen molar-refractivity contribution in [1.82, 2.24) is 9.78 Å². The molecule has 0 spiro atoms. The van der Waals surface area contributed by atoms with Gasteiger partial charge in [0.2, 0.25) is 0 Å². The van der Waals surface area contributed by atoms with Crippen LogP contribution in [0, 0.1) is 3.57 Å². The Labute approximate surface area is 119 Å². The molecule has 1 aromatic heterocycles. The van der Waals surface area contributed by atoms with Gasteiger partial charge in [0.05, 0.1) is 30.5 Å². The van der Waals surface area contributed by atoms with Gasteiger partial charge in [0.1, 0.15) is 5.82 Å². The molecule has 2 aromatic rings. The van der Waals surface area contributed by atoms with Gasteiger partial charge in [-0.2, -0.15) is 5.10 Å². The van der Waals surface area contributed by atoms with Gasteiger partial charge in [-0.25, -0.2) is 4.68 Å². The van der Waals surface area contributed by atoms with E-state index in [4.69, 9.17) is 15.2 Å². The Morgan fingerprint density at radius 3 is 2.56 bits per heavy atom. The summed E-state index contributed by atoms with van der Waals surface area (Å²) >= 11 is 2.16. The first-order valence-corrected chi connectivity index (χ1v) is 6.41. The van der Waals surface area contributed by atoms with Crippen molar-refractivity contribution in [2.24, 2.45) is 0 Å². The Kier molecular flexibility index (Phi) is 3.95. The number of anilines is 1. The van der Waals surface area contributed by atoms with Gasteiger partial charge < -0.3 is 15.2 Å². The van der Waals surface area contributed by atoms with Crippen molar-refractivity contribution >= 4 is 28.4 Å². The Balaban J connectivity index is 2.27. The number of ether oxygens (including phenoxy) is 2. The second-order valence-electron chi connectivity index (χ2n) is 3.72. The van der Waals surface area contributed by atoms with Crippen LogP contribution < -0.4 is 15.2 Å². The molecule has 5 nitrogen and oxygen atoms in total. The number of methoxy groups -OCH3 is 2. The van der Waals surface area contributed by atoms with Crippen LogP contribution in [0.2, 0.25) is 0 Å². The van der Waals surface area contributed by atoms with E-state index in [1.165, 1.54) is 0 Å². The van der Waals surface area contributed by atoms with Crippen LogP contribution in [-0.2, 0) is 6.54 Å². The first-order valence-electron chi connectivity index (χ1n) is 5.33. The van der Waals surface area contributed by atoms with Crippen molar-refractivity contribution in [3.8, 4) is 11.5 Å². The zero-order valence-corrected chi connectivity index (χ0v) is 12.3. The van der Waals surface area contributed by atoms with E-state index >= 15 is 0 Å². The van der Waals surface area contributed by atoms with Gasteiger partial charge in [-0.3, -0.25) is 0 Å². The van der Waals surface area contributed by atoms with E-state index in [0.29, 0.717) is 23.9 Å². The molecular formula is C12H14IN3O2. The third-order valence-electron chi connectivity index (χ3n) is 2.61. The molecule has 0 radical (unpaired) electrons. The maximum absolute atomic E-state index is 5.91.